The molecule has 1 heterocycles. The van der Waals surface area contributed by atoms with Crippen LogP contribution < -0.4 is 0 Å². The predicted octanol–water partition coefficient (Wildman–Crippen LogP) is 2.19. The van der Waals surface area contributed by atoms with Crippen LogP contribution in [0.1, 0.15) is 16.3 Å². The Labute approximate surface area is 115 Å². The third-order valence-electron chi connectivity index (χ3n) is 2.46. The predicted molar refractivity (Wildman–Crippen MR) is 68.9 cm³/mol. The van der Waals surface area contributed by atoms with Crippen LogP contribution in [0.2, 0.25) is 0 Å². The summed E-state index contributed by atoms with van der Waals surface area (Å²) in [4.78, 5) is 21.0. The molecule has 1 aromatic carbocycles. The van der Waals surface area contributed by atoms with Crippen molar-refractivity contribution in [2.45, 2.75) is 10.6 Å². The van der Waals surface area contributed by atoms with Crippen molar-refractivity contribution in [3.63, 3.8) is 0 Å². The van der Waals surface area contributed by atoms with E-state index in [0.29, 0.717) is 4.90 Å². The van der Waals surface area contributed by atoms with E-state index in [9.17, 15) is 19.1 Å². The Morgan fingerprint density at radius 3 is 2.40 bits per heavy atom. The Hall–Kier alpha value is -2.48. The number of carbonyl (C=O) groups is 1. The first-order chi connectivity index (χ1) is 9.47. The SMILES string of the molecule is O=C(O)c1ccc(CS(=O)c2ccc([N+](=O)[O-])cc2)o1. The number of hydrogen-bond acceptors (Lipinski definition) is 5. The normalized spacial score (nSPS) is 12.0. The van der Waals surface area contributed by atoms with Gasteiger partial charge in [-0.15, -0.1) is 0 Å². The van der Waals surface area contributed by atoms with Gasteiger partial charge in [0.1, 0.15) is 5.76 Å². The van der Waals surface area contributed by atoms with E-state index >= 15 is 0 Å². The van der Waals surface area contributed by atoms with Gasteiger partial charge in [-0.1, -0.05) is 0 Å². The van der Waals surface area contributed by atoms with Crippen LogP contribution in [0.15, 0.2) is 45.7 Å². The van der Waals surface area contributed by atoms with Gasteiger partial charge in [-0.2, -0.15) is 0 Å². The van der Waals surface area contributed by atoms with E-state index in [1.54, 1.807) is 0 Å². The minimum absolute atomic E-state index is 0.00505. The van der Waals surface area contributed by atoms with Gasteiger partial charge < -0.3 is 9.52 Å². The van der Waals surface area contributed by atoms with E-state index in [4.69, 9.17) is 9.52 Å². The van der Waals surface area contributed by atoms with E-state index in [-0.39, 0.29) is 23.0 Å². The summed E-state index contributed by atoms with van der Waals surface area (Å²) in [6, 6.07) is 8.04. The molecule has 7 nitrogen and oxygen atoms in total. The standard InChI is InChI=1S/C12H9NO6S/c14-12(15)11-6-3-9(19-11)7-20(18)10-4-1-8(2-5-10)13(16)17/h1-6H,7H2,(H,14,15). The minimum Gasteiger partial charge on any atom is -0.475 e. The maximum Gasteiger partial charge on any atom is 0.371 e. The van der Waals surface area contributed by atoms with E-state index < -0.39 is 21.7 Å². The summed E-state index contributed by atoms with van der Waals surface area (Å²) < 4.78 is 17.0. The van der Waals surface area contributed by atoms with Gasteiger partial charge in [0.2, 0.25) is 5.76 Å². The number of carboxylic acid groups (broad SMARTS) is 1. The van der Waals surface area contributed by atoms with Gasteiger partial charge in [0.25, 0.3) is 5.69 Å². The molecular weight excluding hydrogens is 286 g/mol. The van der Waals surface area contributed by atoms with Gasteiger partial charge in [0.15, 0.2) is 0 Å². The summed E-state index contributed by atoms with van der Waals surface area (Å²) in [5.74, 6) is -1.14. The van der Waals surface area contributed by atoms with Crippen molar-refractivity contribution < 1.29 is 23.5 Å². The largest absolute Gasteiger partial charge is 0.475 e. The number of furan rings is 1. The number of hydrogen-bond donors (Lipinski definition) is 1. The fourth-order valence-electron chi connectivity index (χ4n) is 1.50. The first-order valence-electron chi connectivity index (χ1n) is 5.42. The van der Waals surface area contributed by atoms with E-state index in [0.717, 1.165) is 0 Å². The van der Waals surface area contributed by atoms with Crippen molar-refractivity contribution in [1.82, 2.24) is 0 Å². The molecule has 1 atom stereocenters. The van der Waals surface area contributed by atoms with Crippen LogP contribution in [0.4, 0.5) is 5.69 Å². The molecule has 0 saturated heterocycles. The van der Waals surface area contributed by atoms with Crippen LogP contribution in [0.5, 0.6) is 0 Å². The summed E-state index contributed by atoms with van der Waals surface area (Å²) in [5.41, 5.74) is -0.0862. The third-order valence-corrected chi connectivity index (χ3v) is 3.80. The molecule has 1 aromatic heterocycles. The molecule has 20 heavy (non-hydrogen) atoms. The highest BCUT2D eigenvalue weighted by molar-refractivity contribution is 7.84. The van der Waals surface area contributed by atoms with Crippen molar-refractivity contribution in [1.29, 1.82) is 0 Å². The number of nitro groups is 1. The first kappa shape index (κ1) is 13.9. The average Bonchev–Trinajstić information content (AvgIpc) is 2.87. The topological polar surface area (TPSA) is 111 Å². The van der Waals surface area contributed by atoms with Gasteiger partial charge in [-0.3, -0.25) is 14.3 Å². The lowest BCUT2D eigenvalue weighted by Crippen LogP contribution is -1.97. The average molecular weight is 295 g/mol. The second-order valence-corrected chi connectivity index (χ2v) is 5.26. The smallest absolute Gasteiger partial charge is 0.371 e. The number of non-ortho nitro benzene ring substituents is 1. The van der Waals surface area contributed by atoms with Crippen molar-refractivity contribution >= 4 is 22.5 Å². The second kappa shape index (κ2) is 5.66. The second-order valence-electron chi connectivity index (χ2n) is 3.81. The lowest BCUT2D eigenvalue weighted by Gasteiger charge is -2.00. The number of carboxylic acids is 1. The zero-order valence-electron chi connectivity index (χ0n) is 10.0. The van der Waals surface area contributed by atoms with Gasteiger partial charge in [0.05, 0.1) is 21.5 Å². The monoisotopic (exact) mass is 295 g/mol. The highest BCUT2D eigenvalue weighted by Crippen LogP contribution is 2.18. The van der Waals surface area contributed by atoms with Gasteiger partial charge in [-0.25, -0.2) is 4.79 Å². The van der Waals surface area contributed by atoms with E-state index in [2.05, 4.69) is 0 Å². The first-order valence-corrected chi connectivity index (χ1v) is 6.74. The summed E-state index contributed by atoms with van der Waals surface area (Å²) in [7, 11) is -1.47. The van der Waals surface area contributed by atoms with Crippen LogP contribution in [-0.2, 0) is 16.6 Å². The lowest BCUT2D eigenvalue weighted by atomic mass is 10.3. The molecular formula is C12H9NO6S. The fourth-order valence-corrected chi connectivity index (χ4v) is 2.52. The zero-order valence-corrected chi connectivity index (χ0v) is 10.8. The molecule has 0 fully saturated rings. The molecule has 0 bridgehead atoms. The van der Waals surface area contributed by atoms with Crippen molar-refractivity contribution in [3.05, 3.63) is 58.0 Å². The number of nitro benzene ring substituents is 1. The van der Waals surface area contributed by atoms with Crippen LogP contribution in [0, 0.1) is 10.1 Å². The molecule has 0 amide bonds. The highest BCUT2D eigenvalue weighted by Gasteiger charge is 2.13. The molecule has 104 valence electrons. The van der Waals surface area contributed by atoms with E-state index in [1.165, 1.54) is 36.4 Å². The number of aromatic carboxylic acids is 1. The molecule has 2 rings (SSSR count). The maximum absolute atomic E-state index is 12.0. The Balaban J connectivity index is 2.11. The zero-order chi connectivity index (χ0) is 14.7. The number of benzene rings is 1. The molecule has 1 N–H and O–H groups in total. The van der Waals surface area contributed by atoms with Crippen LogP contribution in [0.3, 0.4) is 0 Å². The van der Waals surface area contributed by atoms with Gasteiger partial charge >= 0.3 is 5.97 Å². The Morgan fingerprint density at radius 2 is 1.90 bits per heavy atom. The van der Waals surface area contributed by atoms with Crippen molar-refractivity contribution in [2.24, 2.45) is 0 Å². The molecule has 0 aliphatic heterocycles. The van der Waals surface area contributed by atoms with Crippen LogP contribution >= 0.6 is 0 Å². The summed E-state index contributed by atoms with van der Waals surface area (Å²) in [6.45, 7) is 0. The third kappa shape index (κ3) is 3.09. The molecule has 2 aromatic rings. The summed E-state index contributed by atoms with van der Waals surface area (Å²) >= 11 is 0. The van der Waals surface area contributed by atoms with Gasteiger partial charge in [-0.05, 0) is 24.3 Å². The molecule has 0 aliphatic rings. The molecule has 0 radical (unpaired) electrons. The van der Waals surface area contributed by atoms with Crippen LogP contribution in [0.25, 0.3) is 0 Å². The molecule has 0 saturated carbocycles. The Kier molecular flexibility index (Phi) is 3.94. The summed E-state index contributed by atoms with van der Waals surface area (Å²) in [5, 5.41) is 19.2. The van der Waals surface area contributed by atoms with Crippen LogP contribution in [-0.4, -0.2) is 20.2 Å². The highest BCUT2D eigenvalue weighted by atomic mass is 32.2. The lowest BCUT2D eigenvalue weighted by molar-refractivity contribution is -0.384. The maximum atomic E-state index is 12.0. The number of rotatable bonds is 5. The molecule has 0 spiro atoms. The molecule has 1 unspecified atom stereocenters. The van der Waals surface area contributed by atoms with E-state index in [1.807, 2.05) is 0 Å². The quantitative estimate of drug-likeness (QED) is 0.668. The Bertz CT molecular complexity index is 676. The Morgan fingerprint density at radius 1 is 1.25 bits per heavy atom. The fraction of sp³-hybridized carbons (Fsp3) is 0.0833. The van der Waals surface area contributed by atoms with Crippen molar-refractivity contribution in [2.75, 3.05) is 0 Å². The van der Waals surface area contributed by atoms with Gasteiger partial charge in [0, 0.05) is 17.0 Å². The summed E-state index contributed by atoms with van der Waals surface area (Å²) in [6.07, 6.45) is 0. The molecule has 0 aliphatic carbocycles. The molecule has 8 heteroatoms. The minimum atomic E-state index is -1.47. The van der Waals surface area contributed by atoms with Crippen molar-refractivity contribution in [3.8, 4) is 0 Å². The number of nitrogens with zero attached hydrogens (tertiary/aromatic N) is 1.